The van der Waals surface area contributed by atoms with E-state index in [1.165, 1.54) is 5.56 Å². The van der Waals surface area contributed by atoms with E-state index in [1.807, 2.05) is 12.1 Å². The van der Waals surface area contributed by atoms with Gasteiger partial charge in [0, 0.05) is 6.42 Å². The van der Waals surface area contributed by atoms with Gasteiger partial charge in [-0.05, 0) is 42.9 Å². The first-order valence-electron chi connectivity index (χ1n) is 7.26. The highest BCUT2D eigenvalue weighted by atomic mass is 16.5. The Morgan fingerprint density at radius 3 is 2.85 bits per heavy atom. The Morgan fingerprint density at radius 1 is 1.45 bits per heavy atom. The van der Waals surface area contributed by atoms with E-state index in [9.17, 15) is 4.79 Å². The second-order valence-electron chi connectivity index (χ2n) is 6.08. The fourth-order valence-electron chi connectivity index (χ4n) is 2.72. The monoisotopic (exact) mass is 276 g/mol. The second-order valence-corrected chi connectivity index (χ2v) is 6.08. The van der Waals surface area contributed by atoms with Crippen LogP contribution < -0.4 is 16.2 Å². The maximum atomic E-state index is 11.5. The highest BCUT2D eigenvalue weighted by molar-refractivity contribution is 5.84. The van der Waals surface area contributed by atoms with E-state index in [2.05, 4.69) is 26.0 Å². The van der Waals surface area contributed by atoms with Crippen molar-refractivity contribution >= 4 is 5.91 Å². The number of hydrogen-bond donors (Lipinski definition) is 2. The number of ether oxygens (including phenoxy) is 1. The normalized spacial score (nSPS) is 26.5. The summed E-state index contributed by atoms with van der Waals surface area (Å²) in [6.07, 6.45) is 2.89. The summed E-state index contributed by atoms with van der Waals surface area (Å²) in [7, 11) is 0. The number of benzene rings is 1. The van der Waals surface area contributed by atoms with Gasteiger partial charge in [-0.3, -0.25) is 4.79 Å². The summed E-state index contributed by atoms with van der Waals surface area (Å²) in [4.78, 5) is 11.5. The van der Waals surface area contributed by atoms with Crippen LogP contribution in [0.1, 0.15) is 51.0 Å². The van der Waals surface area contributed by atoms with Crippen LogP contribution in [0, 0.1) is 0 Å². The van der Waals surface area contributed by atoms with Crippen LogP contribution in [-0.2, 0) is 4.79 Å². The highest BCUT2D eigenvalue weighted by Gasteiger charge is 2.38. The molecule has 1 aliphatic carbocycles. The van der Waals surface area contributed by atoms with Gasteiger partial charge in [-0.1, -0.05) is 26.0 Å². The average Bonchev–Trinajstić information content (AvgIpc) is 2.39. The third-order valence-electron chi connectivity index (χ3n) is 4.06. The van der Waals surface area contributed by atoms with Gasteiger partial charge in [0.15, 0.2) is 0 Å². The molecule has 1 amide bonds. The van der Waals surface area contributed by atoms with E-state index < -0.39 is 11.4 Å². The molecule has 0 aliphatic heterocycles. The van der Waals surface area contributed by atoms with Gasteiger partial charge in [-0.2, -0.15) is 0 Å². The topological polar surface area (TPSA) is 78.3 Å². The molecule has 0 saturated heterocycles. The van der Waals surface area contributed by atoms with Gasteiger partial charge in [0.1, 0.15) is 11.9 Å². The van der Waals surface area contributed by atoms with E-state index in [0.717, 1.165) is 18.6 Å². The van der Waals surface area contributed by atoms with Gasteiger partial charge in [-0.15, -0.1) is 0 Å². The van der Waals surface area contributed by atoms with Crippen LogP contribution in [-0.4, -0.2) is 17.6 Å². The van der Waals surface area contributed by atoms with Gasteiger partial charge in [0.05, 0.1) is 5.54 Å². The molecule has 1 aromatic carbocycles. The zero-order valence-corrected chi connectivity index (χ0v) is 12.3. The molecule has 0 spiro atoms. The Morgan fingerprint density at radius 2 is 2.20 bits per heavy atom. The highest BCUT2D eigenvalue weighted by Crippen LogP contribution is 2.30. The summed E-state index contributed by atoms with van der Waals surface area (Å²) in [5.41, 5.74) is 11.8. The number of nitrogens with two attached hydrogens (primary N) is 2. The van der Waals surface area contributed by atoms with Crippen LogP contribution in [0.4, 0.5) is 0 Å². The summed E-state index contributed by atoms with van der Waals surface area (Å²) < 4.78 is 6.00. The lowest BCUT2D eigenvalue weighted by atomic mass is 9.80. The number of carbonyl (C=O) groups is 1. The number of primary amides is 1. The standard InChI is InChI=1S/C16H24N2O2/c1-11(2)12-5-3-6-13(9-12)20-14-7-4-8-16(18,10-14)15(17)19/h3,5-6,9,11,14H,4,7-8,10,18H2,1-2H3,(H2,17,19). The molecule has 20 heavy (non-hydrogen) atoms. The SMILES string of the molecule is CC(C)c1cccc(OC2CCCC(N)(C(N)=O)C2)c1. The van der Waals surface area contributed by atoms with Crippen molar-refractivity contribution in [2.75, 3.05) is 0 Å². The summed E-state index contributed by atoms with van der Waals surface area (Å²) in [5.74, 6) is 0.876. The molecule has 1 fully saturated rings. The Balaban J connectivity index is 2.06. The fourth-order valence-corrected chi connectivity index (χ4v) is 2.72. The number of carbonyl (C=O) groups excluding carboxylic acids is 1. The van der Waals surface area contributed by atoms with Crippen molar-refractivity contribution in [3.63, 3.8) is 0 Å². The Hall–Kier alpha value is -1.55. The van der Waals surface area contributed by atoms with E-state index in [0.29, 0.717) is 18.8 Å². The van der Waals surface area contributed by atoms with Gasteiger partial charge in [0.2, 0.25) is 5.91 Å². The van der Waals surface area contributed by atoms with Gasteiger partial charge in [0.25, 0.3) is 0 Å². The molecule has 2 unspecified atom stereocenters. The van der Waals surface area contributed by atoms with Gasteiger partial charge >= 0.3 is 0 Å². The largest absolute Gasteiger partial charge is 0.490 e. The molecule has 4 nitrogen and oxygen atoms in total. The van der Waals surface area contributed by atoms with E-state index in [-0.39, 0.29) is 6.10 Å². The van der Waals surface area contributed by atoms with Crippen molar-refractivity contribution in [1.82, 2.24) is 0 Å². The van der Waals surface area contributed by atoms with Crippen molar-refractivity contribution in [3.05, 3.63) is 29.8 Å². The molecule has 0 radical (unpaired) electrons. The molecule has 0 heterocycles. The van der Waals surface area contributed by atoms with Gasteiger partial charge in [-0.25, -0.2) is 0 Å². The Bertz CT molecular complexity index is 487. The van der Waals surface area contributed by atoms with Crippen LogP contribution in [0.25, 0.3) is 0 Å². The lowest BCUT2D eigenvalue weighted by Crippen LogP contribution is -2.56. The predicted molar refractivity (Wildman–Crippen MR) is 79.5 cm³/mol. The minimum absolute atomic E-state index is 0.0383. The minimum Gasteiger partial charge on any atom is -0.490 e. The maximum Gasteiger partial charge on any atom is 0.237 e. The van der Waals surface area contributed by atoms with Gasteiger partial charge < -0.3 is 16.2 Å². The summed E-state index contributed by atoms with van der Waals surface area (Å²) in [6, 6.07) is 8.09. The molecule has 0 aromatic heterocycles. The average molecular weight is 276 g/mol. The molecule has 4 heteroatoms. The lowest BCUT2D eigenvalue weighted by molar-refractivity contribution is -0.125. The molecule has 2 rings (SSSR count). The number of rotatable bonds is 4. The van der Waals surface area contributed by atoms with Crippen molar-refractivity contribution in [2.45, 2.75) is 57.1 Å². The van der Waals surface area contributed by atoms with Crippen LogP contribution >= 0.6 is 0 Å². The lowest BCUT2D eigenvalue weighted by Gasteiger charge is -2.35. The van der Waals surface area contributed by atoms with E-state index >= 15 is 0 Å². The zero-order chi connectivity index (χ0) is 14.8. The van der Waals surface area contributed by atoms with E-state index in [1.54, 1.807) is 0 Å². The Kier molecular flexibility index (Phi) is 4.33. The number of hydrogen-bond acceptors (Lipinski definition) is 3. The van der Waals surface area contributed by atoms with Crippen LogP contribution in [0.3, 0.4) is 0 Å². The molecular formula is C16H24N2O2. The van der Waals surface area contributed by atoms with Crippen LogP contribution in [0.5, 0.6) is 5.75 Å². The first-order valence-corrected chi connectivity index (χ1v) is 7.26. The van der Waals surface area contributed by atoms with Crippen LogP contribution in [0.2, 0.25) is 0 Å². The molecule has 110 valence electrons. The second kappa shape index (κ2) is 5.83. The molecule has 0 bridgehead atoms. The quantitative estimate of drug-likeness (QED) is 0.885. The molecule has 4 N–H and O–H groups in total. The van der Waals surface area contributed by atoms with E-state index in [4.69, 9.17) is 16.2 Å². The van der Waals surface area contributed by atoms with Crippen molar-refractivity contribution in [1.29, 1.82) is 0 Å². The van der Waals surface area contributed by atoms with Crippen molar-refractivity contribution < 1.29 is 9.53 Å². The minimum atomic E-state index is -0.918. The number of amides is 1. The summed E-state index contributed by atoms with van der Waals surface area (Å²) in [5, 5.41) is 0. The fraction of sp³-hybridized carbons (Fsp3) is 0.562. The molecule has 2 atom stereocenters. The summed E-state index contributed by atoms with van der Waals surface area (Å²) >= 11 is 0. The van der Waals surface area contributed by atoms with Crippen LogP contribution in [0.15, 0.2) is 24.3 Å². The molecule has 1 saturated carbocycles. The molecular weight excluding hydrogens is 252 g/mol. The zero-order valence-electron chi connectivity index (χ0n) is 12.3. The van der Waals surface area contributed by atoms with Crippen molar-refractivity contribution in [2.24, 2.45) is 11.5 Å². The first-order chi connectivity index (χ1) is 9.40. The maximum absolute atomic E-state index is 11.5. The third kappa shape index (κ3) is 3.31. The predicted octanol–water partition coefficient (Wildman–Crippen LogP) is 2.31. The van der Waals surface area contributed by atoms with Crippen molar-refractivity contribution in [3.8, 4) is 5.75 Å². The first kappa shape index (κ1) is 14.9. The molecule has 1 aromatic rings. The third-order valence-corrected chi connectivity index (χ3v) is 4.06. The Labute approximate surface area is 120 Å². The molecule has 1 aliphatic rings. The smallest absolute Gasteiger partial charge is 0.237 e. The summed E-state index contributed by atoms with van der Waals surface area (Å²) in [6.45, 7) is 4.30.